The van der Waals surface area contributed by atoms with Gasteiger partial charge in [-0.25, -0.2) is 4.98 Å². The van der Waals surface area contributed by atoms with Crippen LogP contribution in [-0.4, -0.2) is 9.97 Å². The monoisotopic (exact) mass is 207 g/mol. The Morgan fingerprint density at radius 1 is 1.50 bits per heavy atom. The van der Waals surface area contributed by atoms with Crippen molar-refractivity contribution in [2.24, 2.45) is 5.92 Å². The molecule has 2 nitrogen and oxygen atoms in total. The van der Waals surface area contributed by atoms with Crippen molar-refractivity contribution in [2.45, 2.75) is 20.3 Å². The minimum Gasteiger partial charge on any atom is -0.335 e. The zero-order valence-electron chi connectivity index (χ0n) is 8.26. The van der Waals surface area contributed by atoms with Crippen LogP contribution in [0.2, 0.25) is 5.02 Å². The van der Waals surface area contributed by atoms with Crippen molar-refractivity contribution in [2.75, 3.05) is 0 Å². The molecule has 0 fully saturated rings. The van der Waals surface area contributed by atoms with E-state index >= 15 is 0 Å². The molecule has 0 aliphatic carbocycles. The molecule has 3 heteroatoms. The van der Waals surface area contributed by atoms with Crippen LogP contribution in [0.25, 0.3) is 11.0 Å². The van der Waals surface area contributed by atoms with Crippen molar-refractivity contribution < 1.29 is 0 Å². The standard InChI is InChI=1S/C11H12ClN2/c1-7(2)5-8-3-4-9-11(10(8)12)14-6-13-9/h3-4,7H,5H2,1-2H3,(H,13,14). The summed E-state index contributed by atoms with van der Waals surface area (Å²) in [6, 6.07) is 4.05. The Balaban J connectivity index is 2.51. The lowest BCUT2D eigenvalue weighted by Gasteiger charge is -2.06. The Bertz CT molecular complexity index is 445. The van der Waals surface area contributed by atoms with E-state index in [0.717, 1.165) is 28.0 Å². The largest absolute Gasteiger partial charge is 0.335 e. The molecule has 14 heavy (non-hydrogen) atoms. The Kier molecular flexibility index (Phi) is 2.46. The molecule has 0 atom stereocenters. The lowest BCUT2D eigenvalue weighted by Crippen LogP contribution is -1.95. The fourth-order valence-corrected chi connectivity index (χ4v) is 1.84. The van der Waals surface area contributed by atoms with Gasteiger partial charge < -0.3 is 4.98 Å². The Labute approximate surface area is 88.3 Å². The molecule has 0 bridgehead atoms. The number of halogens is 1. The molecule has 73 valence electrons. The van der Waals surface area contributed by atoms with Gasteiger partial charge >= 0.3 is 0 Å². The summed E-state index contributed by atoms with van der Waals surface area (Å²) < 4.78 is 0. The van der Waals surface area contributed by atoms with Gasteiger partial charge in [0.25, 0.3) is 0 Å². The highest BCUT2D eigenvalue weighted by molar-refractivity contribution is 6.35. The molecular weight excluding hydrogens is 196 g/mol. The van der Waals surface area contributed by atoms with E-state index in [2.05, 4.69) is 36.2 Å². The molecule has 0 unspecified atom stereocenters. The number of nitrogens with zero attached hydrogens (tertiary/aromatic N) is 1. The van der Waals surface area contributed by atoms with Gasteiger partial charge in [-0.3, -0.25) is 0 Å². The summed E-state index contributed by atoms with van der Waals surface area (Å²) in [6.45, 7) is 4.36. The van der Waals surface area contributed by atoms with Crippen LogP contribution in [-0.2, 0) is 6.42 Å². The molecule has 1 heterocycles. The Hall–Kier alpha value is -1.02. The summed E-state index contributed by atoms with van der Waals surface area (Å²) >= 11 is 6.22. The van der Waals surface area contributed by atoms with Crippen LogP contribution in [0.5, 0.6) is 0 Å². The fourth-order valence-electron chi connectivity index (χ4n) is 1.56. The molecule has 2 aromatic rings. The SMILES string of the molecule is CC(C)Cc1ccc2[nH][c]nc2c1Cl. The van der Waals surface area contributed by atoms with Crippen LogP contribution in [0.15, 0.2) is 12.1 Å². The van der Waals surface area contributed by atoms with Crippen LogP contribution >= 0.6 is 11.6 Å². The van der Waals surface area contributed by atoms with Crippen molar-refractivity contribution in [3.05, 3.63) is 29.0 Å². The first-order valence-electron chi connectivity index (χ1n) is 4.71. The van der Waals surface area contributed by atoms with Gasteiger partial charge in [0.05, 0.1) is 10.5 Å². The summed E-state index contributed by atoms with van der Waals surface area (Å²) in [5.74, 6) is 0.605. The van der Waals surface area contributed by atoms with Crippen molar-refractivity contribution in [1.82, 2.24) is 9.97 Å². The number of hydrogen-bond donors (Lipinski definition) is 1. The Morgan fingerprint density at radius 2 is 2.29 bits per heavy atom. The zero-order chi connectivity index (χ0) is 10.1. The lowest BCUT2D eigenvalue weighted by molar-refractivity contribution is 0.648. The number of nitrogens with one attached hydrogen (secondary N) is 1. The van der Waals surface area contributed by atoms with Crippen LogP contribution in [0.3, 0.4) is 0 Å². The van der Waals surface area contributed by atoms with Gasteiger partial charge in [0.1, 0.15) is 5.52 Å². The smallest absolute Gasteiger partial charge is 0.174 e. The Morgan fingerprint density at radius 3 is 3.00 bits per heavy atom. The summed E-state index contributed by atoms with van der Waals surface area (Å²) in [5.41, 5.74) is 2.93. The summed E-state index contributed by atoms with van der Waals surface area (Å²) in [5, 5.41) is 0.758. The molecule has 2 rings (SSSR count). The molecule has 1 aromatic carbocycles. The number of fused-ring (bicyclic) bond motifs is 1. The number of imidazole rings is 1. The molecule has 1 radical (unpaired) electrons. The van der Waals surface area contributed by atoms with E-state index in [0.29, 0.717) is 5.92 Å². The van der Waals surface area contributed by atoms with E-state index < -0.39 is 0 Å². The van der Waals surface area contributed by atoms with E-state index in [1.54, 1.807) is 0 Å². The second-order valence-electron chi connectivity index (χ2n) is 3.88. The van der Waals surface area contributed by atoms with Crippen LogP contribution in [0.4, 0.5) is 0 Å². The summed E-state index contributed by atoms with van der Waals surface area (Å²) in [4.78, 5) is 6.99. The van der Waals surface area contributed by atoms with Crippen LogP contribution in [0.1, 0.15) is 19.4 Å². The van der Waals surface area contributed by atoms with Crippen LogP contribution < -0.4 is 0 Å². The molecular formula is C11H12ClN2. The highest BCUT2D eigenvalue weighted by Crippen LogP contribution is 2.26. The predicted molar refractivity (Wildman–Crippen MR) is 58.5 cm³/mol. The molecule has 1 N–H and O–H groups in total. The number of hydrogen-bond acceptors (Lipinski definition) is 1. The van der Waals surface area contributed by atoms with Crippen molar-refractivity contribution >= 4 is 22.6 Å². The first-order chi connectivity index (χ1) is 6.68. The van der Waals surface area contributed by atoms with Crippen molar-refractivity contribution in [1.29, 1.82) is 0 Å². The second-order valence-corrected chi connectivity index (χ2v) is 4.26. The maximum atomic E-state index is 6.22. The lowest BCUT2D eigenvalue weighted by atomic mass is 10.0. The fraction of sp³-hybridized carbons (Fsp3) is 0.364. The number of aromatic nitrogens is 2. The number of rotatable bonds is 2. The highest BCUT2D eigenvalue weighted by Gasteiger charge is 2.08. The second kappa shape index (κ2) is 3.62. The van der Waals surface area contributed by atoms with Crippen molar-refractivity contribution in [3.63, 3.8) is 0 Å². The number of H-pyrrole nitrogens is 1. The third-order valence-electron chi connectivity index (χ3n) is 2.18. The van der Waals surface area contributed by atoms with Gasteiger partial charge in [-0.05, 0) is 24.0 Å². The van der Waals surface area contributed by atoms with Gasteiger partial charge in [0.15, 0.2) is 6.33 Å². The molecule has 0 spiro atoms. The minimum atomic E-state index is 0.605. The van der Waals surface area contributed by atoms with Gasteiger partial charge in [0, 0.05) is 0 Å². The average molecular weight is 208 g/mol. The summed E-state index contributed by atoms with van der Waals surface area (Å²) in [7, 11) is 0. The van der Waals surface area contributed by atoms with Gasteiger partial charge in [0.2, 0.25) is 0 Å². The molecule has 0 saturated carbocycles. The molecule has 0 aliphatic rings. The van der Waals surface area contributed by atoms with Gasteiger partial charge in [-0.2, -0.15) is 0 Å². The minimum absolute atomic E-state index is 0.605. The van der Waals surface area contributed by atoms with E-state index in [1.807, 2.05) is 6.07 Å². The first-order valence-corrected chi connectivity index (χ1v) is 5.09. The predicted octanol–water partition coefficient (Wildman–Crippen LogP) is 3.21. The third kappa shape index (κ3) is 1.62. The third-order valence-corrected chi connectivity index (χ3v) is 2.60. The zero-order valence-corrected chi connectivity index (χ0v) is 9.02. The molecule has 1 aromatic heterocycles. The van der Waals surface area contributed by atoms with Gasteiger partial charge in [-0.15, -0.1) is 0 Å². The van der Waals surface area contributed by atoms with E-state index in [-0.39, 0.29) is 0 Å². The highest BCUT2D eigenvalue weighted by atomic mass is 35.5. The summed E-state index contributed by atoms with van der Waals surface area (Å²) in [6.07, 6.45) is 3.69. The number of aromatic amines is 1. The maximum Gasteiger partial charge on any atom is 0.174 e. The van der Waals surface area contributed by atoms with E-state index in [9.17, 15) is 0 Å². The van der Waals surface area contributed by atoms with E-state index in [4.69, 9.17) is 11.6 Å². The maximum absolute atomic E-state index is 6.22. The van der Waals surface area contributed by atoms with Crippen molar-refractivity contribution in [3.8, 4) is 0 Å². The van der Waals surface area contributed by atoms with E-state index in [1.165, 1.54) is 0 Å². The number of benzene rings is 1. The van der Waals surface area contributed by atoms with Crippen LogP contribution in [0, 0.1) is 12.2 Å². The topological polar surface area (TPSA) is 28.7 Å². The molecule has 0 aliphatic heterocycles. The quantitative estimate of drug-likeness (QED) is 0.805. The first kappa shape index (κ1) is 9.53. The average Bonchev–Trinajstić information content (AvgIpc) is 2.57. The van der Waals surface area contributed by atoms with Gasteiger partial charge in [-0.1, -0.05) is 31.5 Å². The molecule has 0 saturated heterocycles. The molecule has 0 amide bonds. The normalized spacial score (nSPS) is 11.4.